The number of halogens is 1. The van der Waals surface area contributed by atoms with Gasteiger partial charge in [-0.2, -0.15) is 0 Å². The van der Waals surface area contributed by atoms with Gasteiger partial charge >= 0.3 is 0 Å². The Hall–Kier alpha value is -0.950. The van der Waals surface area contributed by atoms with E-state index in [4.69, 9.17) is 0 Å². The van der Waals surface area contributed by atoms with Crippen LogP contribution in [0.15, 0.2) is 24.3 Å². The second-order valence-corrected chi connectivity index (χ2v) is 7.60. The van der Waals surface area contributed by atoms with Crippen LogP contribution in [0.4, 0.5) is 5.69 Å². The molecule has 2 atom stereocenters. The van der Waals surface area contributed by atoms with Crippen molar-refractivity contribution in [1.29, 1.82) is 0 Å². The van der Waals surface area contributed by atoms with E-state index in [0.29, 0.717) is 12.0 Å². The Morgan fingerprint density at radius 1 is 1.39 bits per heavy atom. The van der Waals surface area contributed by atoms with Gasteiger partial charge in [-0.05, 0) is 12.3 Å². The molecule has 1 aromatic rings. The number of sulfone groups is 1. The molecule has 2 unspecified atom stereocenters. The topological polar surface area (TPSA) is 77.3 Å². The highest BCUT2D eigenvalue weighted by atomic mass is 79.9. The Morgan fingerprint density at radius 2 is 2.06 bits per heavy atom. The van der Waals surface area contributed by atoms with Crippen LogP contribution < -0.4 is 0 Å². The molecule has 1 saturated heterocycles. The lowest BCUT2D eigenvalue weighted by molar-refractivity contribution is -0.385. The molecule has 0 saturated carbocycles. The molecule has 0 bridgehead atoms. The summed E-state index contributed by atoms with van der Waals surface area (Å²) >= 11 is 3.41. The number of benzene rings is 1. The Bertz CT molecular complexity index is 572. The normalized spacial score (nSPS) is 23.7. The van der Waals surface area contributed by atoms with Crippen LogP contribution in [-0.2, 0) is 9.84 Å². The van der Waals surface area contributed by atoms with Crippen molar-refractivity contribution in [2.45, 2.75) is 11.2 Å². The molecule has 98 valence electrons. The first kappa shape index (κ1) is 13.5. The van der Waals surface area contributed by atoms with Gasteiger partial charge in [0.1, 0.15) is 0 Å². The molecular formula is C11H12BrNO4S. The van der Waals surface area contributed by atoms with E-state index in [-0.39, 0.29) is 27.9 Å². The molecule has 0 N–H and O–H groups in total. The largest absolute Gasteiger partial charge is 0.273 e. The highest BCUT2D eigenvalue weighted by Gasteiger charge is 2.35. The van der Waals surface area contributed by atoms with Crippen molar-refractivity contribution in [1.82, 2.24) is 0 Å². The first-order valence-electron chi connectivity index (χ1n) is 5.48. The summed E-state index contributed by atoms with van der Waals surface area (Å²) in [6.07, 6.45) is 0.546. The first-order valence-corrected chi connectivity index (χ1v) is 8.22. The van der Waals surface area contributed by atoms with Gasteiger partial charge < -0.3 is 0 Å². The van der Waals surface area contributed by atoms with Gasteiger partial charge in [0, 0.05) is 11.6 Å². The minimum Gasteiger partial charge on any atom is -0.258 e. The van der Waals surface area contributed by atoms with Crippen molar-refractivity contribution in [3.05, 3.63) is 39.9 Å². The van der Waals surface area contributed by atoms with Gasteiger partial charge in [-0.25, -0.2) is 8.42 Å². The maximum atomic E-state index is 11.4. The number of rotatable bonds is 3. The van der Waals surface area contributed by atoms with Gasteiger partial charge in [0.05, 0.1) is 21.3 Å². The molecular weight excluding hydrogens is 322 g/mol. The summed E-state index contributed by atoms with van der Waals surface area (Å²) in [6.45, 7) is 0. The van der Waals surface area contributed by atoms with Crippen LogP contribution in [0.25, 0.3) is 0 Å². The second kappa shape index (κ2) is 4.97. The third-order valence-electron chi connectivity index (χ3n) is 3.11. The summed E-state index contributed by atoms with van der Waals surface area (Å²) in [6, 6.07) is 6.43. The maximum absolute atomic E-state index is 11.4. The van der Waals surface area contributed by atoms with Crippen molar-refractivity contribution < 1.29 is 13.3 Å². The molecule has 0 amide bonds. The molecule has 1 aromatic carbocycles. The lowest BCUT2D eigenvalue weighted by Gasteiger charge is -2.16. The Balaban J connectivity index is 2.30. The molecule has 7 heteroatoms. The van der Waals surface area contributed by atoms with Crippen molar-refractivity contribution in [2.24, 2.45) is 5.92 Å². The molecule has 0 aromatic heterocycles. The molecule has 0 radical (unpaired) electrons. The number of alkyl halides is 1. The van der Waals surface area contributed by atoms with E-state index in [1.54, 1.807) is 18.2 Å². The predicted molar refractivity (Wildman–Crippen MR) is 71.5 cm³/mol. The molecule has 18 heavy (non-hydrogen) atoms. The van der Waals surface area contributed by atoms with E-state index >= 15 is 0 Å². The van der Waals surface area contributed by atoms with E-state index in [0.717, 1.165) is 0 Å². The number of para-hydroxylation sites is 1. The number of nitrogens with zero attached hydrogens (tertiary/aromatic N) is 1. The summed E-state index contributed by atoms with van der Waals surface area (Å²) in [7, 11) is -2.98. The van der Waals surface area contributed by atoms with E-state index in [1.807, 2.05) is 0 Å². The zero-order chi connectivity index (χ0) is 13.3. The highest BCUT2D eigenvalue weighted by molar-refractivity contribution is 9.09. The molecule has 2 rings (SSSR count). The van der Waals surface area contributed by atoms with Crippen LogP contribution in [0.1, 0.15) is 16.8 Å². The molecule has 5 nitrogen and oxygen atoms in total. The third-order valence-corrected chi connectivity index (χ3v) is 6.15. The minimum atomic E-state index is -2.98. The summed E-state index contributed by atoms with van der Waals surface area (Å²) in [4.78, 5) is 10.2. The van der Waals surface area contributed by atoms with Gasteiger partial charge in [-0.15, -0.1) is 0 Å². The summed E-state index contributed by atoms with van der Waals surface area (Å²) < 4.78 is 22.9. The van der Waals surface area contributed by atoms with Gasteiger partial charge in [-0.3, -0.25) is 10.1 Å². The van der Waals surface area contributed by atoms with Crippen LogP contribution in [0.5, 0.6) is 0 Å². The number of nitro benzene ring substituents is 1. The SMILES string of the molecule is O=[N+]([O-])c1ccccc1C(Br)C1CCS(=O)(=O)C1. The Kier molecular flexibility index (Phi) is 3.72. The number of nitro groups is 1. The molecule has 0 spiro atoms. The van der Waals surface area contributed by atoms with Crippen LogP contribution in [0, 0.1) is 16.0 Å². The molecule has 0 aliphatic carbocycles. The van der Waals surface area contributed by atoms with E-state index < -0.39 is 14.8 Å². The third kappa shape index (κ3) is 2.72. The van der Waals surface area contributed by atoms with E-state index in [9.17, 15) is 18.5 Å². The molecule has 1 heterocycles. The van der Waals surface area contributed by atoms with Crippen LogP contribution in [-0.4, -0.2) is 24.8 Å². The van der Waals surface area contributed by atoms with Gasteiger partial charge in [0.15, 0.2) is 9.84 Å². The number of hydrogen-bond donors (Lipinski definition) is 0. The zero-order valence-electron chi connectivity index (χ0n) is 9.45. The van der Waals surface area contributed by atoms with E-state index in [2.05, 4.69) is 15.9 Å². The zero-order valence-corrected chi connectivity index (χ0v) is 11.9. The fourth-order valence-corrected chi connectivity index (χ4v) is 5.12. The van der Waals surface area contributed by atoms with Crippen molar-refractivity contribution >= 4 is 31.5 Å². The lowest BCUT2D eigenvalue weighted by Crippen LogP contribution is -2.11. The van der Waals surface area contributed by atoms with Crippen molar-refractivity contribution in [3.8, 4) is 0 Å². The van der Waals surface area contributed by atoms with Crippen LogP contribution in [0.2, 0.25) is 0 Å². The average molecular weight is 334 g/mol. The van der Waals surface area contributed by atoms with Gasteiger partial charge in [0.2, 0.25) is 0 Å². The van der Waals surface area contributed by atoms with E-state index in [1.165, 1.54) is 6.07 Å². The monoisotopic (exact) mass is 333 g/mol. The van der Waals surface area contributed by atoms with Gasteiger partial charge in [0.25, 0.3) is 5.69 Å². The highest BCUT2D eigenvalue weighted by Crippen LogP contribution is 2.41. The fourth-order valence-electron chi connectivity index (χ4n) is 2.20. The lowest BCUT2D eigenvalue weighted by atomic mass is 9.97. The minimum absolute atomic E-state index is 0.0312. The quantitative estimate of drug-likeness (QED) is 0.483. The number of hydrogen-bond acceptors (Lipinski definition) is 4. The van der Waals surface area contributed by atoms with Crippen LogP contribution >= 0.6 is 15.9 Å². The van der Waals surface area contributed by atoms with Gasteiger partial charge in [-0.1, -0.05) is 34.1 Å². The summed E-state index contributed by atoms with van der Waals surface area (Å²) in [5.74, 6) is 0.158. The smallest absolute Gasteiger partial charge is 0.258 e. The predicted octanol–water partition coefficient (Wildman–Crippen LogP) is 2.47. The summed E-state index contributed by atoms with van der Waals surface area (Å²) in [5, 5.41) is 10.9. The van der Waals surface area contributed by atoms with Crippen LogP contribution in [0.3, 0.4) is 0 Å². The molecule has 1 aliphatic rings. The molecule has 1 aliphatic heterocycles. The Labute approximate surface area is 113 Å². The van der Waals surface area contributed by atoms with Crippen molar-refractivity contribution in [2.75, 3.05) is 11.5 Å². The van der Waals surface area contributed by atoms with Crippen molar-refractivity contribution in [3.63, 3.8) is 0 Å². The second-order valence-electron chi connectivity index (χ2n) is 4.38. The average Bonchev–Trinajstić information content (AvgIpc) is 2.68. The fraction of sp³-hybridized carbons (Fsp3) is 0.455. The molecule has 1 fully saturated rings. The maximum Gasteiger partial charge on any atom is 0.273 e. The first-order chi connectivity index (χ1) is 8.41. The Morgan fingerprint density at radius 3 is 2.61 bits per heavy atom. The standard InChI is InChI=1S/C11H12BrNO4S/c12-11(8-5-6-18(16,17)7-8)9-3-1-2-4-10(9)13(14)15/h1-4,8,11H,5-7H2. The summed E-state index contributed by atoms with van der Waals surface area (Å²) in [5.41, 5.74) is 0.577.